The minimum atomic E-state index is -1.25. The highest BCUT2D eigenvalue weighted by atomic mass is 32.2. The van der Waals surface area contributed by atoms with Crippen LogP contribution in [0.25, 0.3) is 0 Å². The van der Waals surface area contributed by atoms with Crippen LogP contribution in [0.1, 0.15) is 26.2 Å². The molecule has 0 aromatic carbocycles. The van der Waals surface area contributed by atoms with Crippen LogP contribution in [0.5, 0.6) is 0 Å². The van der Waals surface area contributed by atoms with Gasteiger partial charge in [-0.3, -0.25) is 0 Å². The van der Waals surface area contributed by atoms with Crippen LogP contribution in [0, 0.1) is 0 Å². The van der Waals surface area contributed by atoms with Gasteiger partial charge in [-0.1, -0.05) is 32.6 Å². The highest BCUT2D eigenvalue weighted by Gasteiger charge is 2.30. The summed E-state index contributed by atoms with van der Waals surface area (Å²) in [6.07, 6.45) is 5.15. The lowest BCUT2D eigenvalue weighted by atomic mass is 10.0. The SMILES string of the molecule is CCN(C1CC=C(SC(=O)O)CC1)[Si](C)(C)C. The summed E-state index contributed by atoms with van der Waals surface area (Å²) in [7, 11) is -1.25. The first kappa shape index (κ1) is 14.8. The summed E-state index contributed by atoms with van der Waals surface area (Å²) in [6, 6.07) is 0.616. The average Bonchev–Trinajstić information content (AvgIpc) is 2.18. The van der Waals surface area contributed by atoms with Crippen LogP contribution < -0.4 is 0 Å². The Morgan fingerprint density at radius 1 is 1.59 bits per heavy atom. The van der Waals surface area contributed by atoms with E-state index < -0.39 is 13.5 Å². The fourth-order valence-electron chi connectivity index (χ4n) is 2.56. The predicted octanol–water partition coefficient (Wildman–Crippen LogP) is 3.99. The Balaban J connectivity index is 2.61. The van der Waals surface area contributed by atoms with Crippen molar-refractivity contribution in [1.29, 1.82) is 0 Å². The first-order valence-electron chi connectivity index (χ1n) is 6.21. The maximum absolute atomic E-state index is 10.6. The standard InChI is InChI=1S/C12H23NO2SSi/c1-5-13(17(2,3)4)10-6-8-11(9-7-10)16-12(14)15/h8,10H,5-7,9H2,1-4H3,(H,14,15). The van der Waals surface area contributed by atoms with Crippen LogP contribution in [0.3, 0.4) is 0 Å². The van der Waals surface area contributed by atoms with E-state index >= 15 is 0 Å². The highest BCUT2D eigenvalue weighted by Crippen LogP contribution is 2.31. The molecule has 0 bridgehead atoms. The number of thioether (sulfide) groups is 1. The van der Waals surface area contributed by atoms with E-state index in [0.717, 1.165) is 42.5 Å². The Bertz CT molecular complexity index is 312. The van der Waals surface area contributed by atoms with Crippen molar-refractivity contribution >= 4 is 25.3 Å². The second kappa shape index (κ2) is 6.07. The lowest BCUT2D eigenvalue weighted by Gasteiger charge is -2.41. The molecule has 0 radical (unpaired) electrons. The lowest BCUT2D eigenvalue weighted by molar-refractivity contribution is 0.222. The highest BCUT2D eigenvalue weighted by molar-refractivity contribution is 8.16. The van der Waals surface area contributed by atoms with Gasteiger partial charge in [-0.2, -0.15) is 0 Å². The van der Waals surface area contributed by atoms with Crippen molar-refractivity contribution < 1.29 is 9.90 Å². The number of carbonyl (C=O) groups is 1. The van der Waals surface area contributed by atoms with Crippen LogP contribution in [0.2, 0.25) is 19.6 Å². The van der Waals surface area contributed by atoms with Gasteiger partial charge >= 0.3 is 5.30 Å². The maximum atomic E-state index is 10.6. The van der Waals surface area contributed by atoms with E-state index in [1.807, 2.05) is 0 Å². The van der Waals surface area contributed by atoms with E-state index in [1.165, 1.54) is 0 Å². The van der Waals surface area contributed by atoms with E-state index in [2.05, 4.69) is 37.2 Å². The molecule has 0 spiro atoms. The molecule has 1 atom stereocenters. The first-order chi connectivity index (χ1) is 7.84. The van der Waals surface area contributed by atoms with Gasteiger partial charge in [-0.05, 0) is 42.5 Å². The summed E-state index contributed by atoms with van der Waals surface area (Å²) in [4.78, 5) is 11.6. The van der Waals surface area contributed by atoms with Gasteiger partial charge in [0.05, 0.1) is 0 Å². The maximum Gasteiger partial charge on any atom is 0.369 e. The monoisotopic (exact) mass is 273 g/mol. The fourth-order valence-corrected chi connectivity index (χ4v) is 5.47. The molecule has 0 fully saturated rings. The van der Waals surface area contributed by atoms with Crippen LogP contribution in [0.4, 0.5) is 4.79 Å². The number of hydrogen-bond donors (Lipinski definition) is 1. The Kier molecular flexibility index (Phi) is 5.28. The van der Waals surface area contributed by atoms with Gasteiger partial charge in [0.1, 0.15) is 8.24 Å². The van der Waals surface area contributed by atoms with Crippen molar-refractivity contribution in [3.63, 3.8) is 0 Å². The molecule has 0 saturated heterocycles. The smallest absolute Gasteiger partial charge is 0.369 e. The minimum absolute atomic E-state index is 0.616. The third kappa shape index (κ3) is 4.48. The molecule has 1 aliphatic rings. The van der Waals surface area contributed by atoms with Crippen LogP contribution in [-0.2, 0) is 0 Å². The van der Waals surface area contributed by atoms with E-state index in [-0.39, 0.29) is 0 Å². The Hall–Kier alpha value is -0.263. The molecule has 0 heterocycles. The number of allylic oxidation sites excluding steroid dienone is 1. The summed E-state index contributed by atoms with van der Waals surface area (Å²) in [6.45, 7) is 10.5. The zero-order valence-electron chi connectivity index (χ0n) is 11.2. The topological polar surface area (TPSA) is 40.5 Å². The molecular formula is C12H23NO2SSi. The number of carboxylic acid groups (broad SMARTS) is 1. The molecule has 1 rings (SSSR count). The zero-order valence-corrected chi connectivity index (χ0v) is 13.0. The number of hydrogen-bond acceptors (Lipinski definition) is 3. The largest absolute Gasteiger partial charge is 0.473 e. The summed E-state index contributed by atoms with van der Waals surface area (Å²) < 4.78 is 2.64. The van der Waals surface area contributed by atoms with Gasteiger partial charge in [0.25, 0.3) is 0 Å². The molecular weight excluding hydrogens is 250 g/mol. The Morgan fingerprint density at radius 2 is 2.24 bits per heavy atom. The normalized spacial score (nSPS) is 21.5. The second-order valence-corrected chi connectivity index (χ2v) is 11.4. The fraction of sp³-hybridized carbons (Fsp3) is 0.750. The predicted molar refractivity (Wildman–Crippen MR) is 77.1 cm³/mol. The Labute approximate surface area is 109 Å². The van der Waals surface area contributed by atoms with Crippen molar-refractivity contribution in [2.24, 2.45) is 0 Å². The molecule has 0 aromatic rings. The van der Waals surface area contributed by atoms with Gasteiger partial charge in [0.2, 0.25) is 0 Å². The third-order valence-electron chi connectivity index (χ3n) is 3.20. The van der Waals surface area contributed by atoms with E-state index in [0.29, 0.717) is 6.04 Å². The molecule has 1 N–H and O–H groups in total. The second-order valence-electron chi connectivity index (χ2n) is 5.42. The van der Waals surface area contributed by atoms with Gasteiger partial charge in [-0.25, -0.2) is 4.79 Å². The number of rotatable bonds is 4. The lowest BCUT2D eigenvalue weighted by Crippen LogP contribution is -2.52. The van der Waals surface area contributed by atoms with E-state index in [4.69, 9.17) is 5.11 Å². The molecule has 0 saturated carbocycles. The van der Waals surface area contributed by atoms with E-state index in [1.54, 1.807) is 0 Å². The van der Waals surface area contributed by atoms with Crippen molar-refractivity contribution in [1.82, 2.24) is 4.57 Å². The summed E-state index contributed by atoms with van der Waals surface area (Å²) in [5.74, 6) is 0. The van der Waals surface area contributed by atoms with Gasteiger partial charge < -0.3 is 9.67 Å². The molecule has 3 nitrogen and oxygen atoms in total. The first-order valence-corrected chi connectivity index (χ1v) is 10.5. The minimum Gasteiger partial charge on any atom is -0.473 e. The average molecular weight is 273 g/mol. The third-order valence-corrected chi connectivity index (χ3v) is 6.42. The molecule has 0 aliphatic heterocycles. The molecule has 98 valence electrons. The van der Waals surface area contributed by atoms with Gasteiger partial charge in [0.15, 0.2) is 0 Å². The molecule has 0 aromatic heterocycles. The van der Waals surface area contributed by atoms with Crippen LogP contribution in [0.15, 0.2) is 11.0 Å². The summed E-state index contributed by atoms with van der Waals surface area (Å²) in [5.41, 5.74) is 0. The Morgan fingerprint density at radius 3 is 2.59 bits per heavy atom. The van der Waals surface area contributed by atoms with Crippen molar-refractivity contribution in [2.45, 2.75) is 51.9 Å². The van der Waals surface area contributed by atoms with E-state index in [9.17, 15) is 4.79 Å². The van der Waals surface area contributed by atoms with Crippen LogP contribution in [-0.4, -0.2) is 35.8 Å². The number of nitrogens with zero attached hydrogens (tertiary/aromatic N) is 1. The van der Waals surface area contributed by atoms with Crippen molar-refractivity contribution in [2.75, 3.05) is 6.54 Å². The van der Waals surface area contributed by atoms with Gasteiger partial charge in [-0.15, -0.1) is 0 Å². The quantitative estimate of drug-likeness (QED) is 0.786. The summed E-state index contributed by atoms with van der Waals surface area (Å²) in [5, 5.41) is 7.95. The molecule has 5 heteroatoms. The van der Waals surface area contributed by atoms with Crippen molar-refractivity contribution in [3.05, 3.63) is 11.0 Å². The molecule has 1 unspecified atom stereocenters. The van der Waals surface area contributed by atoms with Crippen molar-refractivity contribution in [3.8, 4) is 0 Å². The molecule has 1 aliphatic carbocycles. The van der Waals surface area contributed by atoms with Crippen LogP contribution >= 0.6 is 11.8 Å². The molecule has 17 heavy (non-hydrogen) atoms. The van der Waals surface area contributed by atoms with Gasteiger partial charge in [0, 0.05) is 6.04 Å². The summed E-state index contributed by atoms with van der Waals surface area (Å²) >= 11 is 0.975. The molecule has 0 amide bonds. The zero-order chi connectivity index (χ0) is 13.1.